The minimum atomic E-state index is -3.35. The van der Waals surface area contributed by atoms with Crippen LogP contribution in [-0.2, 0) is 15.7 Å². The molecule has 0 unspecified atom stereocenters. The monoisotopic (exact) mass is 318 g/mol. The third-order valence-electron chi connectivity index (χ3n) is 0.589. The molecular formula is C4H3F4IO4. The summed E-state index contributed by atoms with van der Waals surface area (Å²) in [5.41, 5.74) is 0. The quantitative estimate of drug-likeness (QED) is 0.576. The Balaban J connectivity index is 3.57. The summed E-state index contributed by atoms with van der Waals surface area (Å²) in [6.07, 6.45) is -6.70. The molecule has 0 fully saturated rings. The second-order valence-corrected chi connectivity index (χ2v) is 2.81. The van der Waals surface area contributed by atoms with Gasteiger partial charge in [-0.25, -0.2) is 0 Å². The standard InChI is InChI=1S/C4H3F4IO4/c5-1(6)3(10)12-9-13-4(11)2(7)8/h1-2,9H. The van der Waals surface area contributed by atoms with E-state index in [9.17, 15) is 27.2 Å². The first-order valence-corrected chi connectivity index (χ1v) is 4.50. The molecule has 0 aromatic rings. The average Bonchev–Trinajstić information content (AvgIpc) is 2.03. The molecule has 9 heteroatoms. The molecule has 0 aromatic carbocycles. The van der Waals surface area contributed by atoms with Gasteiger partial charge in [0.15, 0.2) is 0 Å². The van der Waals surface area contributed by atoms with E-state index in [1.54, 1.807) is 0 Å². The van der Waals surface area contributed by atoms with Crippen LogP contribution in [0.15, 0.2) is 0 Å². The zero-order valence-corrected chi connectivity index (χ0v) is 8.04. The van der Waals surface area contributed by atoms with Gasteiger partial charge in [0.2, 0.25) is 0 Å². The number of hydrogen-bond donors (Lipinski definition) is 0. The molecule has 0 bridgehead atoms. The van der Waals surface area contributed by atoms with Crippen LogP contribution in [0.4, 0.5) is 17.6 Å². The Morgan fingerprint density at radius 3 is 1.46 bits per heavy atom. The van der Waals surface area contributed by atoms with Crippen molar-refractivity contribution in [2.45, 2.75) is 12.9 Å². The molecule has 0 saturated carbocycles. The Bertz CT molecular complexity index is 177. The molecule has 0 atom stereocenters. The Kier molecular flexibility index (Phi) is 5.66. The van der Waals surface area contributed by atoms with Gasteiger partial charge in [-0.3, -0.25) is 0 Å². The maximum atomic E-state index is 11.4. The first-order valence-electron chi connectivity index (χ1n) is 2.60. The first-order chi connectivity index (χ1) is 5.95. The van der Waals surface area contributed by atoms with Crippen molar-refractivity contribution < 1.29 is 33.3 Å². The molecule has 0 heterocycles. The summed E-state index contributed by atoms with van der Waals surface area (Å²) in [6.45, 7) is 0. The van der Waals surface area contributed by atoms with Crippen molar-refractivity contribution in [3.8, 4) is 0 Å². The van der Waals surface area contributed by atoms with E-state index >= 15 is 0 Å². The second kappa shape index (κ2) is 5.94. The molecule has 0 N–H and O–H groups in total. The Labute approximate surface area is 80.5 Å². The van der Waals surface area contributed by atoms with Crippen molar-refractivity contribution in [1.29, 1.82) is 0 Å². The van der Waals surface area contributed by atoms with E-state index in [-0.39, 0.29) is 0 Å². The zero-order valence-electron chi connectivity index (χ0n) is 5.71. The Morgan fingerprint density at radius 1 is 0.923 bits per heavy atom. The number of hydrogen-bond acceptors (Lipinski definition) is 4. The van der Waals surface area contributed by atoms with Crippen LogP contribution in [0.3, 0.4) is 0 Å². The van der Waals surface area contributed by atoms with Crippen LogP contribution in [-0.4, -0.2) is 24.8 Å². The van der Waals surface area contributed by atoms with Gasteiger partial charge in [0.1, 0.15) is 0 Å². The Morgan fingerprint density at radius 2 is 1.23 bits per heavy atom. The van der Waals surface area contributed by atoms with Crippen LogP contribution < -0.4 is 0 Å². The first kappa shape index (κ1) is 12.4. The third-order valence-corrected chi connectivity index (χ3v) is 1.91. The average molecular weight is 318 g/mol. The zero-order chi connectivity index (χ0) is 10.4. The molecule has 0 aliphatic rings. The summed E-state index contributed by atoms with van der Waals surface area (Å²) < 4.78 is 52.9. The van der Waals surface area contributed by atoms with Crippen LogP contribution in [0.1, 0.15) is 0 Å². The SMILES string of the molecule is O=C(O[IH]OC(=O)C(F)F)C(F)F. The molecule has 4 nitrogen and oxygen atoms in total. The molecule has 0 aliphatic heterocycles. The summed E-state index contributed by atoms with van der Waals surface area (Å²) in [5.74, 6) is -3.77. The van der Waals surface area contributed by atoms with Crippen LogP contribution >= 0.6 is 22.0 Å². The summed E-state index contributed by atoms with van der Waals surface area (Å²) in [4.78, 5) is 20.0. The molecule has 78 valence electrons. The molecule has 0 amide bonds. The van der Waals surface area contributed by atoms with Crippen LogP contribution in [0, 0.1) is 0 Å². The predicted octanol–water partition coefficient (Wildman–Crippen LogP) is 1.14. The fourth-order valence-corrected chi connectivity index (χ4v) is 1.05. The van der Waals surface area contributed by atoms with Gasteiger partial charge in [-0.1, -0.05) is 0 Å². The van der Waals surface area contributed by atoms with Gasteiger partial charge in [-0.2, -0.15) is 0 Å². The fraction of sp³-hybridized carbons (Fsp3) is 0.500. The van der Waals surface area contributed by atoms with Crippen molar-refractivity contribution in [3.05, 3.63) is 0 Å². The molecule has 0 spiro atoms. The molecule has 0 aromatic heterocycles. The Hall–Kier alpha value is -0.610. The van der Waals surface area contributed by atoms with Gasteiger partial charge in [-0.05, 0) is 0 Å². The normalized spacial score (nSPS) is 10.6. The number of halogens is 5. The molecule has 0 saturated heterocycles. The number of rotatable bonds is 4. The summed E-state index contributed by atoms with van der Waals surface area (Å²) in [6, 6.07) is 0. The van der Waals surface area contributed by atoms with Gasteiger partial charge >= 0.3 is 80.1 Å². The van der Waals surface area contributed by atoms with E-state index in [2.05, 4.69) is 6.13 Å². The molecule has 0 radical (unpaired) electrons. The van der Waals surface area contributed by atoms with E-state index in [0.717, 1.165) is 0 Å². The van der Waals surface area contributed by atoms with Crippen LogP contribution in [0.2, 0.25) is 0 Å². The van der Waals surface area contributed by atoms with Gasteiger partial charge in [0, 0.05) is 0 Å². The van der Waals surface area contributed by atoms with Crippen molar-refractivity contribution in [2.75, 3.05) is 0 Å². The molecule has 0 aliphatic carbocycles. The topological polar surface area (TPSA) is 52.6 Å². The summed E-state index contributed by atoms with van der Waals surface area (Å²) >= 11 is -2.35. The summed E-state index contributed by atoms with van der Waals surface area (Å²) in [7, 11) is 0. The van der Waals surface area contributed by atoms with Crippen LogP contribution in [0.25, 0.3) is 0 Å². The molecular weight excluding hydrogens is 315 g/mol. The third kappa shape index (κ3) is 5.60. The van der Waals surface area contributed by atoms with E-state index in [1.807, 2.05) is 0 Å². The molecule has 0 rings (SSSR count). The van der Waals surface area contributed by atoms with E-state index in [4.69, 9.17) is 0 Å². The van der Waals surface area contributed by atoms with E-state index in [1.165, 1.54) is 0 Å². The van der Waals surface area contributed by atoms with Crippen molar-refractivity contribution >= 4 is 34.0 Å². The van der Waals surface area contributed by atoms with E-state index < -0.39 is 46.8 Å². The minimum absolute atomic E-state index is 1.88. The maximum absolute atomic E-state index is 11.4. The summed E-state index contributed by atoms with van der Waals surface area (Å²) in [5, 5.41) is 0. The van der Waals surface area contributed by atoms with E-state index in [0.29, 0.717) is 0 Å². The van der Waals surface area contributed by atoms with Gasteiger partial charge in [-0.15, -0.1) is 0 Å². The van der Waals surface area contributed by atoms with Gasteiger partial charge < -0.3 is 0 Å². The number of carbonyl (C=O) groups is 2. The second-order valence-electron chi connectivity index (χ2n) is 1.47. The molecule has 13 heavy (non-hydrogen) atoms. The number of carbonyl (C=O) groups excluding carboxylic acids is 2. The van der Waals surface area contributed by atoms with Crippen molar-refractivity contribution in [2.24, 2.45) is 0 Å². The predicted molar refractivity (Wildman–Crippen MR) is 39.6 cm³/mol. The van der Waals surface area contributed by atoms with Crippen molar-refractivity contribution in [3.63, 3.8) is 0 Å². The van der Waals surface area contributed by atoms with Crippen LogP contribution in [0.5, 0.6) is 0 Å². The fourth-order valence-electron chi connectivity index (χ4n) is 0.157. The van der Waals surface area contributed by atoms with Gasteiger partial charge in [0.25, 0.3) is 0 Å². The van der Waals surface area contributed by atoms with Gasteiger partial charge in [0.05, 0.1) is 0 Å². The number of alkyl halides is 4. The van der Waals surface area contributed by atoms with Crippen molar-refractivity contribution in [1.82, 2.24) is 0 Å².